The smallest absolute Gasteiger partial charge is 0.232 e. The Morgan fingerprint density at radius 2 is 2.00 bits per heavy atom. The van der Waals surface area contributed by atoms with Crippen molar-refractivity contribution < 1.29 is 4.79 Å². The lowest BCUT2D eigenvalue weighted by atomic mass is 9.73. The highest BCUT2D eigenvalue weighted by Gasteiger charge is 2.42. The lowest BCUT2D eigenvalue weighted by molar-refractivity contribution is -0.126. The number of amides is 1. The number of carbonyl (C=O) groups is 1. The predicted molar refractivity (Wildman–Crippen MR) is 78.9 cm³/mol. The van der Waals surface area contributed by atoms with Gasteiger partial charge in [-0.2, -0.15) is 0 Å². The van der Waals surface area contributed by atoms with Gasteiger partial charge in [0.05, 0.1) is 16.8 Å². The van der Waals surface area contributed by atoms with Gasteiger partial charge in [-0.25, -0.2) is 0 Å². The fourth-order valence-electron chi connectivity index (χ4n) is 3.41. The Labute approximate surface area is 118 Å². The molecule has 3 rings (SSSR count). The van der Waals surface area contributed by atoms with Crippen LogP contribution in [0.1, 0.15) is 32.1 Å². The summed E-state index contributed by atoms with van der Waals surface area (Å²) in [7, 11) is 2.05. The Kier molecular flexibility index (Phi) is 3.17. The van der Waals surface area contributed by atoms with Crippen LogP contribution in [-0.2, 0) is 4.79 Å². The van der Waals surface area contributed by atoms with Crippen molar-refractivity contribution in [1.29, 1.82) is 0 Å². The molecule has 0 radical (unpaired) electrons. The fraction of sp³-hybridized carbons (Fsp3) is 0.533. The molecule has 2 aliphatic rings. The largest absolute Gasteiger partial charge is 0.372 e. The van der Waals surface area contributed by atoms with E-state index in [0.29, 0.717) is 5.02 Å². The molecule has 1 aliphatic heterocycles. The molecule has 3 nitrogen and oxygen atoms in total. The molecule has 1 heterocycles. The van der Waals surface area contributed by atoms with Gasteiger partial charge in [-0.1, -0.05) is 30.9 Å². The Morgan fingerprint density at radius 1 is 1.26 bits per heavy atom. The molecule has 1 saturated carbocycles. The highest BCUT2D eigenvalue weighted by atomic mass is 35.5. The fourth-order valence-corrected chi connectivity index (χ4v) is 3.57. The second kappa shape index (κ2) is 4.71. The predicted octanol–water partition coefficient (Wildman–Crippen LogP) is 3.68. The van der Waals surface area contributed by atoms with E-state index >= 15 is 0 Å². The van der Waals surface area contributed by atoms with Gasteiger partial charge in [-0.05, 0) is 31.0 Å². The van der Waals surface area contributed by atoms with Crippen molar-refractivity contribution in [2.75, 3.05) is 23.8 Å². The molecule has 1 spiro atoms. The van der Waals surface area contributed by atoms with Crippen LogP contribution < -0.4 is 10.2 Å². The molecule has 1 aromatic carbocycles. The van der Waals surface area contributed by atoms with E-state index in [-0.39, 0.29) is 11.3 Å². The van der Waals surface area contributed by atoms with Gasteiger partial charge in [0.25, 0.3) is 0 Å². The van der Waals surface area contributed by atoms with Crippen molar-refractivity contribution in [2.45, 2.75) is 32.1 Å². The first kappa shape index (κ1) is 12.8. The topological polar surface area (TPSA) is 32.3 Å². The standard InChI is InChI=1S/C15H19ClN2O/c1-18-10-15(7-3-2-4-8-15)14(19)17-12-6-5-11(16)9-13(12)18/h5-6,9H,2-4,7-8,10H2,1H3,(H,17,19). The van der Waals surface area contributed by atoms with Gasteiger partial charge in [0.15, 0.2) is 0 Å². The van der Waals surface area contributed by atoms with Gasteiger partial charge < -0.3 is 10.2 Å². The summed E-state index contributed by atoms with van der Waals surface area (Å²) in [4.78, 5) is 14.8. The second-order valence-corrected chi connectivity index (χ2v) is 6.25. The summed E-state index contributed by atoms with van der Waals surface area (Å²) in [6.45, 7) is 0.784. The quantitative estimate of drug-likeness (QED) is 0.785. The average molecular weight is 279 g/mol. The highest BCUT2D eigenvalue weighted by Crippen LogP contribution is 2.42. The first-order valence-corrected chi connectivity index (χ1v) is 7.31. The van der Waals surface area contributed by atoms with E-state index in [0.717, 1.165) is 43.6 Å². The van der Waals surface area contributed by atoms with Crippen molar-refractivity contribution in [2.24, 2.45) is 5.41 Å². The van der Waals surface area contributed by atoms with Crippen molar-refractivity contribution in [3.05, 3.63) is 23.2 Å². The lowest BCUT2D eigenvalue weighted by Crippen LogP contribution is -2.44. The van der Waals surface area contributed by atoms with Crippen LogP contribution >= 0.6 is 11.6 Å². The van der Waals surface area contributed by atoms with Crippen LogP contribution in [0.5, 0.6) is 0 Å². The van der Waals surface area contributed by atoms with Crippen molar-refractivity contribution in [3.8, 4) is 0 Å². The summed E-state index contributed by atoms with van der Waals surface area (Å²) in [6, 6.07) is 5.65. The first-order valence-electron chi connectivity index (χ1n) is 6.93. The maximum absolute atomic E-state index is 12.6. The number of hydrogen-bond acceptors (Lipinski definition) is 2. The van der Waals surface area contributed by atoms with Crippen molar-refractivity contribution in [3.63, 3.8) is 0 Å². The van der Waals surface area contributed by atoms with Gasteiger partial charge in [0.1, 0.15) is 0 Å². The van der Waals surface area contributed by atoms with E-state index in [1.807, 2.05) is 25.2 Å². The third-order valence-corrected chi connectivity index (χ3v) is 4.69. The SMILES string of the molecule is CN1CC2(CCCCC2)C(=O)Nc2ccc(Cl)cc21. The summed E-state index contributed by atoms with van der Waals surface area (Å²) in [5.41, 5.74) is 1.67. The van der Waals surface area contributed by atoms with Crippen LogP contribution in [0, 0.1) is 5.41 Å². The van der Waals surface area contributed by atoms with Crippen LogP contribution in [-0.4, -0.2) is 19.5 Å². The minimum Gasteiger partial charge on any atom is -0.372 e. The monoisotopic (exact) mass is 278 g/mol. The Balaban J connectivity index is 1.99. The second-order valence-electron chi connectivity index (χ2n) is 5.81. The molecule has 0 bridgehead atoms. The average Bonchev–Trinajstić information content (AvgIpc) is 2.49. The van der Waals surface area contributed by atoms with E-state index in [4.69, 9.17) is 11.6 Å². The molecule has 0 saturated heterocycles. The van der Waals surface area contributed by atoms with Gasteiger partial charge in [-0.3, -0.25) is 4.79 Å². The number of nitrogens with zero attached hydrogens (tertiary/aromatic N) is 1. The molecule has 102 valence electrons. The van der Waals surface area contributed by atoms with Crippen LogP contribution in [0.4, 0.5) is 11.4 Å². The summed E-state index contributed by atoms with van der Waals surface area (Å²) in [6.07, 6.45) is 5.53. The number of benzene rings is 1. The third kappa shape index (κ3) is 2.20. The number of anilines is 2. The summed E-state index contributed by atoms with van der Waals surface area (Å²) in [5, 5.41) is 3.81. The maximum Gasteiger partial charge on any atom is 0.232 e. The zero-order chi connectivity index (χ0) is 13.5. The summed E-state index contributed by atoms with van der Waals surface area (Å²) >= 11 is 6.07. The molecule has 1 amide bonds. The highest BCUT2D eigenvalue weighted by molar-refractivity contribution is 6.31. The van der Waals surface area contributed by atoms with E-state index in [9.17, 15) is 4.79 Å². The van der Waals surface area contributed by atoms with Crippen LogP contribution in [0.2, 0.25) is 5.02 Å². The van der Waals surface area contributed by atoms with Crippen LogP contribution in [0.25, 0.3) is 0 Å². The number of fused-ring (bicyclic) bond motifs is 1. The zero-order valence-electron chi connectivity index (χ0n) is 11.2. The van der Waals surface area contributed by atoms with E-state index in [1.54, 1.807) is 0 Å². The lowest BCUT2D eigenvalue weighted by Gasteiger charge is -2.36. The summed E-state index contributed by atoms with van der Waals surface area (Å²) < 4.78 is 0. The Morgan fingerprint density at radius 3 is 2.74 bits per heavy atom. The number of halogens is 1. The first-order chi connectivity index (χ1) is 9.11. The molecule has 1 aromatic rings. The van der Waals surface area contributed by atoms with Gasteiger partial charge in [0, 0.05) is 18.6 Å². The Hall–Kier alpha value is -1.22. The van der Waals surface area contributed by atoms with E-state index in [2.05, 4.69) is 10.2 Å². The van der Waals surface area contributed by atoms with Crippen LogP contribution in [0.15, 0.2) is 18.2 Å². The molecule has 19 heavy (non-hydrogen) atoms. The number of carbonyl (C=O) groups excluding carboxylic acids is 1. The number of nitrogens with one attached hydrogen (secondary N) is 1. The van der Waals surface area contributed by atoms with Crippen molar-refractivity contribution >= 4 is 28.9 Å². The van der Waals surface area contributed by atoms with Gasteiger partial charge in [0.2, 0.25) is 5.91 Å². The molecule has 0 atom stereocenters. The Bertz CT molecular complexity index is 509. The van der Waals surface area contributed by atoms with E-state index < -0.39 is 0 Å². The van der Waals surface area contributed by atoms with Gasteiger partial charge >= 0.3 is 0 Å². The van der Waals surface area contributed by atoms with Gasteiger partial charge in [-0.15, -0.1) is 0 Å². The number of hydrogen-bond donors (Lipinski definition) is 1. The molecular weight excluding hydrogens is 260 g/mol. The molecule has 1 fully saturated rings. The molecule has 1 N–H and O–H groups in total. The zero-order valence-corrected chi connectivity index (χ0v) is 12.0. The molecule has 1 aliphatic carbocycles. The minimum absolute atomic E-state index is 0.181. The van der Waals surface area contributed by atoms with Crippen molar-refractivity contribution in [1.82, 2.24) is 0 Å². The van der Waals surface area contributed by atoms with E-state index in [1.165, 1.54) is 6.42 Å². The molecule has 0 aromatic heterocycles. The molecule has 4 heteroatoms. The molecular formula is C15H19ClN2O. The molecule has 0 unspecified atom stereocenters. The number of rotatable bonds is 0. The van der Waals surface area contributed by atoms with Crippen LogP contribution in [0.3, 0.4) is 0 Å². The normalized spacial score (nSPS) is 21.8. The minimum atomic E-state index is -0.224. The maximum atomic E-state index is 12.6. The summed E-state index contributed by atoms with van der Waals surface area (Å²) in [5.74, 6) is 0.181. The third-order valence-electron chi connectivity index (χ3n) is 4.45.